The molecule has 5 rings (SSSR count). The molecule has 0 saturated carbocycles. The van der Waals surface area contributed by atoms with E-state index < -0.39 is 0 Å². The molecule has 1 aliphatic rings. The molecular formula is C24H19N9. The maximum absolute atomic E-state index is 9.60. The van der Waals surface area contributed by atoms with Crippen LogP contribution in [-0.4, -0.2) is 37.8 Å². The minimum atomic E-state index is -0.109. The summed E-state index contributed by atoms with van der Waals surface area (Å²) in [5.74, 6) is 0.173. The average molecular weight is 433 g/mol. The third kappa shape index (κ3) is 3.54. The van der Waals surface area contributed by atoms with Crippen LogP contribution >= 0.6 is 0 Å². The fourth-order valence-corrected chi connectivity index (χ4v) is 4.65. The Kier molecular flexibility index (Phi) is 5.18. The highest BCUT2D eigenvalue weighted by molar-refractivity contribution is 5.90. The average Bonchev–Trinajstić information content (AvgIpc) is 3.62. The number of benzene rings is 1. The van der Waals surface area contributed by atoms with Crippen molar-refractivity contribution in [3.05, 3.63) is 60.3 Å². The van der Waals surface area contributed by atoms with Crippen LogP contribution in [-0.2, 0) is 0 Å². The van der Waals surface area contributed by atoms with Gasteiger partial charge < -0.3 is 9.88 Å². The Morgan fingerprint density at radius 1 is 1.15 bits per heavy atom. The second kappa shape index (κ2) is 8.45. The van der Waals surface area contributed by atoms with Crippen LogP contribution in [0.3, 0.4) is 0 Å². The van der Waals surface area contributed by atoms with Crippen LogP contribution in [0.5, 0.6) is 0 Å². The molecule has 4 aromatic rings. The number of hydrogen-bond acceptors (Lipinski definition) is 7. The summed E-state index contributed by atoms with van der Waals surface area (Å²) >= 11 is 0. The Balaban J connectivity index is 1.43. The van der Waals surface area contributed by atoms with Crippen LogP contribution in [0.2, 0.25) is 0 Å². The monoisotopic (exact) mass is 433 g/mol. The van der Waals surface area contributed by atoms with Gasteiger partial charge in [0.15, 0.2) is 0 Å². The third-order valence-electron chi connectivity index (χ3n) is 6.25. The maximum Gasteiger partial charge on any atom is 0.141 e. The zero-order valence-corrected chi connectivity index (χ0v) is 17.7. The molecule has 0 bridgehead atoms. The first-order chi connectivity index (χ1) is 16.2. The van der Waals surface area contributed by atoms with E-state index >= 15 is 0 Å². The fraction of sp³-hybridized carbons (Fsp3) is 0.250. The summed E-state index contributed by atoms with van der Waals surface area (Å²) in [4.78, 5) is 13.9. The number of rotatable bonds is 5. The lowest BCUT2D eigenvalue weighted by atomic mass is 9.96. The molecular weight excluding hydrogens is 414 g/mol. The van der Waals surface area contributed by atoms with Gasteiger partial charge in [-0.3, -0.25) is 4.68 Å². The van der Waals surface area contributed by atoms with E-state index in [-0.39, 0.29) is 12.0 Å². The van der Waals surface area contributed by atoms with Crippen LogP contribution in [0.4, 0.5) is 5.69 Å². The van der Waals surface area contributed by atoms with E-state index in [2.05, 4.69) is 43.2 Å². The van der Waals surface area contributed by atoms with Crippen molar-refractivity contribution in [3.63, 3.8) is 0 Å². The molecule has 1 aliphatic heterocycles. The number of H-pyrrole nitrogens is 1. The summed E-state index contributed by atoms with van der Waals surface area (Å²) in [6.07, 6.45) is 8.25. The van der Waals surface area contributed by atoms with Gasteiger partial charge in [0.1, 0.15) is 24.1 Å². The van der Waals surface area contributed by atoms with Crippen molar-refractivity contribution in [2.45, 2.75) is 18.9 Å². The molecule has 2 unspecified atom stereocenters. The lowest BCUT2D eigenvalue weighted by Crippen LogP contribution is -2.25. The van der Waals surface area contributed by atoms with Gasteiger partial charge >= 0.3 is 0 Å². The highest BCUT2D eigenvalue weighted by Crippen LogP contribution is 2.35. The zero-order valence-electron chi connectivity index (χ0n) is 17.7. The lowest BCUT2D eigenvalue weighted by molar-refractivity contribution is 0.332. The van der Waals surface area contributed by atoms with Gasteiger partial charge in [0.2, 0.25) is 0 Å². The van der Waals surface area contributed by atoms with E-state index in [0.29, 0.717) is 24.1 Å². The Bertz CT molecular complexity index is 1440. The lowest BCUT2D eigenvalue weighted by Gasteiger charge is -2.24. The molecule has 1 N–H and O–H groups in total. The second-order valence-corrected chi connectivity index (χ2v) is 8.02. The van der Waals surface area contributed by atoms with Gasteiger partial charge in [-0.05, 0) is 24.6 Å². The van der Waals surface area contributed by atoms with E-state index in [1.165, 1.54) is 6.33 Å². The summed E-state index contributed by atoms with van der Waals surface area (Å²) in [6.45, 7) is 1.43. The number of nitrogens with one attached hydrogen (secondary N) is 1. The number of anilines is 1. The van der Waals surface area contributed by atoms with Crippen molar-refractivity contribution in [2.24, 2.45) is 5.92 Å². The molecule has 33 heavy (non-hydrogen) atoms. The van der Waals surface area contributed by atoms with Gasteiger partial charge in [-0.15, -0.1) is 0 Å². The van der Waals surface area contributed by atoms with Gasteiger partial charge in [0, 0.05) is 42.4 Å². The molecule has 0 radical (unpaired) electrons. The Labute approximate surface area is 190 Å². The first-order valence-electron chi connectivity index (χ1n) is 10.6. The first kappa shape index (κ1) is 20.2. The third-order valence-corrected chi connectivity index (χ3v) is 6.25. The number of fused-ring (bicyclic) bond motifs is 1. The molecule has 1 aromatic carbocycles. The normalized spacial score (nSPS) is 16.3. The van der Waals surface area contributed by atoms with Crippen LogP contribution in [0, 0.1) is 39.9 Å². The minimum absolute atomic E-state index is 0.109. The van der Waals surface area contributed by atoms with E-state index in [1.54, 1.807) is 18.3 Å². The van der Waals surface area contributed by atoms with Crippen molar-refractivity contribution in [1.82, 2.24) is 24.7 Å². The number of nitrogens with zero attached hydrogens (tertiary/aromatic N) is 8. The second-order valence-electron chi connectivity index (χ2n) is 8.02. The molecule has 4 heterocycles. The van der Waals surface area contributed by atoms with Crippen molar-refractivity contribution in [2.75, 3.05) is 18.0 Å². The smallest absolute Gasteiger partial charge is 0.141 e. The number of nitriles is 3. The van der Waals surface area contributed by atoms with E-state index in [1.807, 2.05) is 29.2 Å². The highest BCUT2D eigenvalue weighted by Gasteiger charge is 2.32. The van der Waals surface area contributed by atoms with Crippen molar-refractivity contribution < 1.29 is 0 Å². The van der Waals surface area contributed by atoms with E-state index in [0.717, 1.165) is 40.9 Å². The predicted molar refractivity (Wildman–Crippen MR) is 121 cm³/mol. The molecule has 1 fully saturated rings. The van der Waals surface area contributed by atoms with Gasteiger partial charge in [-0.1, -0.05) is 6.07 Å². The first-order valence-corrected chi connectivity index (χ1v) is 10.6. The van der Waals surface area contributed by atoms with Crippen molar-refractivity contribution in [3.8, 4) is 29.5 Å². The standard InChI is InChI=1S/C24H19N9/c25-7-4-21(17-6-9-32(13-17)22-3-1-2-16(10-26)20(22)11-27)33-14-18(12-31-33)23-19-5-8-28-24(19)30-15-29-23/h1-3,5,8,12,14-15,17,21H,4,6,9,13H2,(H,28,29,30). The quantitative estimate of drug-likeness (QED) is 0.508. The van der Waals surface area contributed by atoms with Crippen LogP contribution < -0.4 is 4.90 Å². The largest absolute Gasteiger partial charge is 0.370 e. The Hall–Kier alpha value is -4.68. The van der Waals surface area contributed by atoms with Gasteiger partial charge in [-0.2, -0.15) is 20.9 Å². The molecule has 2 atom stereocenters. The molecule has 0 spiro atoms. The Morgan fingerprint density at radius 3 is 2.88 bits per heavy atom. The number of aromatic amines is 1. The predicted octanol–water partition coefficient (Wildman–Crippen LogP) is 3.55. The molecule has 9 nitrogen and oxygen atoms in total. The van der Waals surface area contributed by atoms with Crippen LogP contribution in [0.15, 0.2) is 49.2 Å². The SMILES string of the molecule is N#CCC(C1CCN(c2cccc(C#N)c2C#N)C1)n1cc(-c2ncnc3[nH]ccc23)cn1. The van der Waals surface area contributed by atoms with Gasteiger partial charge in [0.25, 0.3) is 0 Å². The number of aromatic nitrogens is 5. The van der Waals surface area contributed by atoms with E-state index in [9.17, 15) is 15.8 Å². The van der Waals surface area contributed by atoms with Crippen LogP contribution in [0.25, 0.3) is 22.3 Å². The fourth-order valence-electron chi connectivity index (χ4n) is 4.65. The van der Waals surface area contributed by atoms with Crippen molar-refractivity contribution in [1.29, 1.82) is 15.8 Å². The highest BCUT2D eigenvalue weighted by atomic mass is 15.3. The summed E-state index contributed by atoms with van der Waals surface area (Å²) in [6, 6.07) is 13.8. The molecule has 0 amide bonds. The summed E-state index contributed by atoms with van der Waals surface area (Å²) in [5.41, 5.74) is 3.98. The van der Waals surface area contributed by atoms with Crippen molar-refractivity contribution >= 4 is 16.7 Å². The topological polar surface area (TPSA) is 134 Å². The molecule has 160 valence electrons. The Morgan fingerprint density at radius 2 is 2.06 bits per heavy atom. The van der Waals surface area contributed by atoms with Gasteiger partial charge in [0.05, 0.1) is 47.2 Å². The van der Waals surface area contributed by atoms with E-state index in [4.69, 9.17) is 0 Å². The summed E-state index contributed by atoms with van der Waals surface area (Å²) < 4.78 is 1.87. The summed E-state index contributed by atoms with van der Waals surface area (Å²) in [7, 11) is 0. The summed E-state index contributed by atoms with van der Waals surface area (Å²) in [5, 5.41) is 34.0. The maximum atomic E-state index is 9.60. The molecule has 1 saturated heterocycles. The molecule has 0 aliphatic carbocycles. The number of hydrogen-bond donors (Lipinski definition) is 1. The van der Waals surface area contributed by atoms with Gasteiger partial charge in [-0.25, -0.2) is 9.97 Å². The minimum Gasteiger partial charge on any atom is -0.370 e. The molecule has 3 aromatic heterocycles. The van der Waals surface area contributed by atoms with Crippen LogP contribution in [0.1, 0.15) is 30.0 Å². The zero-order chi connectivity index (χ0) is 22.8. The molecule has 9 heteroatoms.